The van der Waals surface area contributed by atoms with E-state index in [0.29, 0.717) is 0 Å². The second kappa shape index (κ2) is 6.91. The minimum absolute atomic E-state index is 0.858. The summed E-state index contributed by atoms with van der Waals surface area (Å²) in [6.45, 7) is 3.91. The van der Waals surface area contributed by atoms with E-state index in [1.54, 1.807) is 7.11 Å². The second-order valence-corrected chi connectivity index (χ2v) is 6.03. The molecule has 0 saturated heterocycles. The molecule has 0 aliphatic rings. The summed E-state index contributed by atoms with van der Waals surface area (Å²) < 4.78 is 6.50. The average molecular weight is 334 g/mol. The van der Waals surface area contributed by atoms with Crippen LogP contribution < -0.4 is 4.74 Å². The van der Waals surface area contributed by atoms with Crippen LogP contribution in [0, 0.1) is 6.92 Å². The normalized spacial score (nSPS) is 10.8. The third kappa shape index (κ3) is 4.09. The van der Waals surface area contributed by atoms with Crippen molar-refractivity contribution in [3.63, 3.8) is 0 Å². The maximum absolute atomic E-state index is 5.42. The van der Waals surface area contributed by atoms with Crippen LogP contribution >= 0.6 is 15.9 Å². The van der Waals surface area contributed by atoms with Gasteiger partial charge in [-0.3, -0.25) is 4.90 Å². The molecule has 0 spiro atoms. The molecular formula is C17H20BrNO. The van der Waals surface area contributed by atoms with E-state index in [9.17, 15) is 0 Å². The lowest BCUT2D eigenvalue weighted by Crippen LogP contribution is -2.17. The summed E-state index contributed by atoms with van der Waals surface area (Å²) in [5.74, 6) is 0.935. The van der Waals surface area contributed by atoms with Crippen LogP contribution in [0.3, 0.4) is 0 Å². The van der Waals surface area contributed by atoms with E-state index < -0.39 is 0 Å². The van der Waals surface area contributed by atoms with Crippen LogP contribution in [0.1, 0.15) is 16.7 Å². The molecule has 0 saturated carbocycles. The molecule has 20 heavy (non-hydrogen) atoms. The van der Waals surface area contributed by atoms with Gasteiger partial charge in [-0.15, -0.1) is 0 Å². The number of nitrogens with zero attached hydrogens (tertiary/aromatic N) is 1. The SMILES string of the molecule is COc1ccc(Br)cc1CN(C)Cc1cccc(C)c1. The Morgan fingerprint density at radius 3 is 2.60 bits per heavy atom. The fourth-order valence-electron chi connectivity index (χ4n) is 2.34. The van der Waals surface area contributed by atoms with Gasteiger partial charge >= 0.3 is 0 Å². The van der Waals surface area contributed by atoms with Crippen LogP contribution in [0.2, 0.25) is 0 Å². The molecule has 0 unspecified atom stereocenters. The topological polar surface area (TPSA) is 12.5 Å². The molecular weight excluding hydrogens is 314 g/mol. The lowest BCUT2D eigenvalue weighted by atomic mass is 10.1. The summed E-state index contributed by atoms with van der Waals surface area (Å²) in [7, 11) is 3.84. The van der Waals surface area contributed by atoms with Crippen LogP contribution in [0.25, 0.3) is 0 Å². The van der Waals surface area contributed by atoms with Crippen molar-refractivity contribution in [3.8, 4) is 5.75 Å². The fourth-order valence-corrected chi connectivity index (χ4v) is 2.75. The first kappa shape index (κ1) is 15.1. The van der Waals surface area contributed by atoms with Gasteiger partial charge < -0.3 is 4.74 Å². The summed E-state index contributed by atoms with van der Waals surface area (Å²) in [5.41, 5.74) is 3.83. The molecule has 0 heterocycles. The van der Waals surface area contributed by atoms with Crippen LogP contribution in [-0.2, 0) is 13.1 Å². The molecule has 0 bridgehead atoms. The van der Waals surface area contributed by atoms with Gasteiger partial charge in [0.1, 0.15) is 5.75 Å². The number of hydrogen-bond donors (Lipinski definition) is 0. The zero-order valence-corrected chi connectivity index (χ0v) is 13.8. The maximum atomic E-state index is 5.42. The van der Waals surface area contributed by atoms with Crippen molar-refractivity contribution in [2.75, 3.05) is 14.2 Å². The van der Waals surface area contributed by atoms with Crippen molar-refractivity contribution in [1.82, 2.24) is 4.90 Å². The van der Waals surface area contributed by atoms with E-state index in [-0.39, 0.29) is 0 Å². The number of hydrogen-bond acceptors (Lipinski definition) is 2. The first-order valence-electron chi connectivity index (χ1n) is 6.65. The zero-order valence-electron chi connectivity index (χ0n) is 12.2. The van der Waals surface area contributed by atoms with E-state index >= 15 is 0 Å². The molecule has 0 amide bonds. The van der Waals surface area contributed by atoms with E-state index in [2.05, 4.69) is 65.1 Å². The highest BCUT2D eigenvalue weighted by Crippen LogP contribution is 2.24. The molecule has 106 valence electrons. The number of aryl methyl sites for hydroxylation is 1. The summed E-state index contributed by atoms with van der Waals surface area (Å²) in [5, 5.41) is 0. The van der Waals surface area contributed by atoms with E-state index in [0.717, 1.165) is 23.3 Å². The van der Waals surface area contributed by atoms with E-state index in [1.807, 2.05) is 12.1 Å². The molecule has 2 rings (SSSR count). The van der Waals surface area contributed by atoms with Crippen molar-refractivity contribution < 1.29 is 4.74 Å². The van der Waals surface area contributed by atoms with Gasteiger partial charge in [0, 0.05) is 23.1 Å². The number of benzene rings is 2. The van der Waals surface area contributed by atoms with Gasteiger partial charge in [0.2, 0.25) is 0 Å². The molecule has 2 nitrogen and oxygen atoms in total. The van der Waals surface area contributed by atoms with Crippen LogP contribution in [0.15, 0.2) is 46.9 Å². The number of methoxy groups -OCH3 is 1. The van der Waals surface area contributed by atoms with Gasteiger partial charge in [-0.25, -0.2) is 0 Å². The Labute approximate surface area is 129 Å². The van der Waals surface area contributed by atoms with Crippen LogP contribution in [-0.4, -0.2) is 19.1 Å². The Morgan fingerprint density at radius 2 is 1.90 bits per heavy atom. The molecule has 0 N–H and O–H groups in total. The smallest absolute Gasteiger partial charge is 0.123 e. The number of halogens is 1. The summed E-state index contributed by atoms with van der Waals surface area (Å²) in [4.78, 5) is 2.29. The number of rotatable bonds is 5. The largest absolute Gasteiger partial charge is 0.496 e. The molecule has 0 aliphatic heterocycles. The van der Waals surface area contributed by atoms with Gasteiger partial charge in [0.25, 0.3) is 0 Å². The molecule has 0 atom stereocenters. The summed E-state index contributed by atoms with van der Waals surface area (Å²) in [6, 6.07) is 14.8. The predicted octanol–water partition coefficient (Wildman–Crippen LogP) is 4.40. The van der Waals surface area contributed by atoms with Crippen LogP contribution in [0.5, 0.6) is 5.75 Å². The molecule has 0 aliphatic carbocycles. The second-order valence-electron chi connectivity index (χ2n) is 5.12. The quantitative estimate of drug-likeness (QED) is 0.804. The van der Waals surface area contributed by atoms with Crippen LogP contribution in [0.4, 0.5) is 0 Å². The predicted molar refractivity (Wildman–Crippen MR) is 87.0 cm³/mol. The molecule has 0 aromatic heterocycles. The zero-order chi connectivity index (χ0) is 14.5. The van der Waals surface area contributed by atoms with E-state index in [1.165, 1.54) is 16.7 Å². The third-order valence-electron chi connectivity index (χ3n) is 3.22. The summed E-state index contributed by atoms with van der Waals surface area (Å²) >= 11 is 3.52. The Morgan fingerprint density at radius 1 is 1.10 bits per heavy atom. The highest BCUT2D eigenvalue weighted by Gasteiger charge is 2.08. The highest BCUT2D eigenvalue weighted by molar-refractivity contribution is 9.10. The number of ether oxygens (including phenoxy) is 1. The van der Waals surface area contributed by atoms with Crippen molar-refractivity contribution in [1.29, 1.82) is 0 Å². The van der Waals surface area contributed by atoms with Gasteiger partial charge in [-0.05, 0) is 37.7 Å². The Balaban J connectivity index is 2.08. The van der Waals surface area contributed by atoms with Gasteiger partial charge in [0.15, 0.2) is 0 Å². The lowest BCUT2D eigenvalue weighted by Gasteiger charge is -2.19. The monoisotopic (exact) mass is 333 g/mol. The van der Waals surface area contributed by atoms with Crippen molar-refractivity contribution in [2.45, 2.75) is 20.0 Å². The highest BCUT2D eigenvalue weighted by atomic mass is 79.9. The first-order valence-corrected chi connectivity index (χ1v) is 7.44. The maximum Gasteiger partial charge on any atom is 0.123 e. The molecule has 2 aromatic rings. The minimum atomic E-state index is 0.858. The van der Waals surface area contributed by atoms with Crippen molar-refractivity contribution in [3.05, 3.63) is 63.6 Å². The van der Waals surface area contributed by atoms with Gasteiger partial charge in [-0.1, -0.05) is 45.8 Å². The van der Waals surface area contributed by atoms with Gasteiger partial charge in [-0.2, -0.15) is 0 Å². The standard InChI is InChI=1S/C17H20BrNO/c1-13-5-4-6-14(9-13)11-19(2)12-15-10-16(18)7-8-17(15)20-3/h4-10H,11-12H2,1-3H3. The Bertz CT molecular complexity index is 583. The molecule has 0 radical (unpaired) electrons. The Hall–Kier alpha value is -1.32. The third-order valence-corrected chi connectivity index (χ3v) is 3.71. The minimum Gasteiger partial charge on any atom is -0.496 e. The molecule has 2 aromatic carbocycles. The fraction of sp³-hybridized carbons (Fsp3) is 0.294. The first-order chi connectivity index (χ1) is 9.58. The Kier molecular flexibility index (Phi) is 5.21. The summed E-state index contributed by atoms with van der Waals surface area (Å²) in [6.07, 6.45) is 0. The van der Waals surface area contributed by atoms with E-state index in [4.69, 9.17) is 4.74 Å². The van der Waals surface area contributed by atoms with Gasteiger partial charge in [0.05, 0.1) is 7.11 Å². The molecule has 3 heteroatoms. The molecule has 0 fully saturated rings. The van der Waals surface area contributed by atoms with Crippen molar-refractivity contribution in [2.24, 2.45) is 0 Å². The van der Waals surface area contributed by atoms with Crippen molar-refractivity contribution >= 4 is 15.9 Å². The average Bonchev–Trinajstić information content (AvgIpc) is 2.38. The lowest BCUT2D eigenvalue weighted by molar-refractivity contribution is 0.310.